The lowest BCUT2D eigenvalue weighted by Gasteiger charge is -2.24. The van der Waals surface area contributed by atoms with Crippen LogP contribution in [0.15, 0.2) is 30.3 Å². The van der Waals surface area contributed by atoms with Crippen molar-refractivity contribution in [3.63, 3.8) is 0 Å². The van der Waals surface area contributed by atoms with E-state index in [0.717, 1.165) is 10.8 Å². The zero-order valence-corrected chi connectivity index (χ0v) is 13.2. The molecule has 0 fully saturated rings. The van der Waals surface area contributed by atoms with Gasteiger partial charge in [0.05, 0.1) is 5.60 Å². The Morgan fingerprint density at radius 3 is 2.81 bits per heavy atom. The standard InChI is InChI=1S/C16H19ClN2O2/c1-4-21-16(2,3)10-18-15(20)13-9-11-7-5-6-8-12(11)14(17)19-13/h5-9H,4,10H2,1-3H3,(H,18,20). The number of carbonyl (C=O) groups excluding carboxylic acids is 1. The summed E-state index contributed by atoms with van der Waals surface area (Å²) in [5.74, 6) is -0.254. The predicted molar refractivity (Wildman–Crippen MR) is 84.8 cm³/mol. The molecular weight excluding hydrogens is 288 g/mol. The van der Waals surface area contributed by atoms with Crippen molar-refractivity contribution in [3.05, 3.63) is 41.2 Å². The van der Waals surface area contributed by atoms with Crippen molar-refractivity contribution in [2.75, 3.05) is 13.2 Å². The lowest BCUT2D eigenvalue weighted by molar-refractivity contribution is -0.00818. The van der Waals surface area contributed by atoms with Crippen LogP contribution in [0.5, 0.6) is 0 Å². The molecule has 4 nitrogen and oxygen atoms in total. The van der Waals surface area contributed by atoms with E-state index in [1.54, 1.807) is 6.07 Å². The van der Waals surface area contributed by atoms with Gasteiger partial charge in [-0.3, -0.25) is 4.79 Å². The maximum absolute atomic E-state index is 12.2. The zero-order valence-electron chi connectivity index (χ0n) is 12.4. The lowest BCUT2D eigenvalue weighted by atomic mass is 10.1. The monoisotopic (exact) mass is 306 g/mol. The average molecular weight is 307 g/mol. The quantitative estimate of drug-likeness (QED) is 0.861. The van der Waals surface area contributed by atoms with Gasteiger partial charge in [-0.1, -0.05) is 35.9 Å². The number of rotatable bonds is 5. The molecular formula is C16H19ClN2O2. The van der Waals surface area contributed by atoms with Crippen LogP contribution >= 0.6 is 11.6 Å². The van der Waals surface area contributed by atoms with Crippen LogP contribution in [0.2, 0.25) is 5.15 Å². The van der Waals surface area contributed by atoms with Gasteiger partial charge < -0.3 is 10.1 Å². The number of hydrogen-bond donors (Lipinski definition) is 1. The number of halogens is 1. The Morgan fingerprint density at radius 2 is 2.10 bits per heavy atom. The van der Waals surface area contributed by atoms with Gasteiger partial charge in [0.2, 0.25) is 0 Å². The van der Waals surface area contributed by atoms with Crippen molar-refractivity contribution in [2.45, 2.75) is 26.4 Å². The SMILES string of the molecule is CCOC(C)(C)CNC(=O)c1cc2ccccc2c(Cl)n1. The fraction of sp³-hybridized carbons (Fsp3) is 0.375. The summed E-state index contributed by atoms with van der Waals surface area (Å²) in [5, 5.41) is 4.90. The fourth-order valence-corrected chi connectivity index (χ4v) is 2.36. The summed E-state index contributed by atoms with van der Waals surface area (Å²) in [4.78, 5) is 16.4. The number of benzene rings is 1. The first-order valence-electron chi connectivity index (χ1n) is 6.90. The van der Waals surface area contributed by atoms with E-state index in [2.05, 4.69) is 10.3 Å². The van der Waals surface area contributed by atoms with Crippen molar-refractivity contribution in [1.82, 2.24) is 10.3 Å². The van der Waals surface area contributed by atoms with Gasteiger partial charge in [-0.2, -0.15) is 0 Å². The number of amides is 1. The van der Waals surface area contributed by atoms with Gasteiger partial charge in [0, 0.05) is 18.5 Å². The van der Waals surface area contributed by atoms with Gasteiger partial charge in [-0.15, -0.1) is 0 Å². The highest BCUT2D eigenvalue weighted by molar-refractivity contribution is 6.34. The molecule has 1 aromatic heterocycles. The van der Waals surface area contributed by atoms with Crippen LogP contribution in [0.25, 0.3) is 10.8 Å². The van der Waals surface area contributed by atoms with Crippen molar-refractivity contribution in [2.24, 2.45) is 0 Å². The van der Waals surface area contributed by atoms with Gasteiger partial charge in [0.1, 0.15) is 10.8 Å². The van der Waals surface area contributed by atoms with Crippen molar-refractivity contribution in [3.8, 4) is 0 Å². The molecule has 112 valence electrons. The first-order chi connectivity index (χ1) is 9.93. The highest BCUT2D eigenvalue weighted by atomic mass is 35.5. The van der Waals surface area contributed by atoms with E-state index in [0.29, 0.717) is 24.0 Å². The second-order valence-electron chi connectivity index (χ2n) is 5.39. The topological polar surface area (TPSA) is 51.2 Å². The van der Waals surface area contributed by atoms with Crippen molar-refractivity contribution in [1.29, 1.82) is 0 Å². The molecule has 21 heavy (non-hydrogen) atoms. The molecule has 0 radical (unpaired) electrons. The van der Waals surface area contributed by atoms with Crippen LogP contribution in [-0.2, 0) is 4.74 Å². The molecule has 0 atom stereocenters. The lowest BCUT2D eigenvalue weighted by Crippen LogP contribution is -2.40. The van der Waals surface area contributed by atoms with Gasteiger partial charge in [-0.05, 0) is 32.2 Å². The van der Waals surface area contributed by atoms with Crippen LogP contribution in [0.4, 0.5) is 0 Å². The number of hydrogen-bond acceptors (Lipinski definition) is 3. The highest BCUT2D eigenvalue weighted by Crippen LogP contribution is 2.22. The molecule has 0 saturated heterocycles. The number of aromatic nitrogens is 1. The number of carbonyl (C=O) groups is 1. The molecule has 5 heteroatoms. The summed E-state index contributed by atoms with van der Waals surface area (Å²) >= 11 is 6.13. The van der Waals surface area contributed by atoms with Gasteiger partial charge >= 0.3 is 0 Å². The highest BCUT2D eigenvalue weighted by Gasteiger charge is 2.20. The Labute approximate surface area is 129 Å². The molecule has 1 N–H and O–H groups in total. The van der Waals surface area contributed by atoms with Crippen LogP contribution in [0, 0.1) is 0 Å². The smallest absolute Gasteiger partial charge is 0.270 e. The second kappa shape index (κ2) is 6.41. The Hall–Kier alpha value is -1.65. The Morgan fingerprint density at radius 1 is 1.38 bits per heavy atom. The Bertz CT molecular complexity index is 656. The predicted octanol–water partition coefficient (Wildman–Crippen LogP) is 3.43. The molecule has 0 saturated carbocycles. The number of pyridine rings is 1. The van der Waals surface area contributed by atoms with Gasteiger partial charge in [0.15, 0.2) is 0 Å². The number of fused-ring (bicyclic) bond motifs is 1. The number of nitrogens with zero attached hydrogens (tertiary/aromatic N) is 1. The van der Waals surface area contributed by atoms with Gasteiger partial charge in [0.25, 0.3) is 5.91 Å². The largest absolute Gasteiger partial charge is 0.374 e. The molecule has 0 unspecified atom stereocenters. The molecule has 1 amide bonds. The maximum Gasteiger partial charge on any atom is 0.270 e. The summed E-state index contributed by atoms with van der Waals surface area (Å²) < 4.78 is 5.55. The molecule has 0 aliphatic rings. The summed E-state index contributed by atoms with van der Waals surface area (Å²) in [6, 6.07) is 9.32. The normalized spacial score (nSPS) is 11.6. The van der Waals surface area contributed by atoms with Crippen LogP contribution in [0.1, 0.15) is 31.3 Å². The van der Waals surface area contributed by atoms with E-state index in [1.807, 2.05) is 45.0 Å². The fourth-order valence-electron chi connectivity index (χ4n) is 2.10. The summed E-state index contributed by atoms with van der Waals surface area (Å²) in [7, 11) is 0. The molecule has 0 aliphatic carbocycles. The van der Waals surface area contributed by atoms with E-state index >= 15 is 0 Å². The van der Waals surface area contributed by atoms with E-state index in [9.17, 15) is 4.79 Å². The molecule has 1 heterocycles. The number of nitrogens with one attached hydrogen (secondary N) is 1. The van der Waals surface area contributed by atoms with E-state index in [-0.39, 0.29) is 5.91 Å². The minimum Gasteiger partial charge on any atom is -0.374 e. The third-order valence-corrected chi connectivity index (χ3v) is 3.42. The summed E-state index contributed by atoms with van der Waals surface area (Å²) in [6.07, 6.45) is 0. The van der Waals surface area contributed by atoms with Crippen molar-refractivity contribution >= 4 is 28.3 Å². The molecule has 2 aromatic rings. The first-order valence-corrected chi connectivity index (χ1v) is 7.28. The third kappa shape index (κ3) is 3.93. The van der Waals surface area contributed by atoms with Crippen molar-refractivity contribution < 1.29 is 9.53 Å². The van der Waals surface area contributed by atoms with E-state index < -0.39 is 5.60 Å². The Kier molecular flexibility index (Phi) is 4.80. The van der Waals surface area contributed by atoms with Crippen LogP contribution in [-0.4, -0.2) is 29.6 Å². The maximum atomic E-state index is 12.2. The average Bonchev–Trinajstić information content (AvgIpc) is 2.45. The van der Waals surface area contributed by atoms with E-state index in [1.165, 1.54) is 0 Å². The number of ether oxygens (including phenoxy) is 1. The van der Waals surface area contributed by atoms with Crippen LogP contribution < -0.4 is 5.32 Å². The summed E-state index contributed by atoms with van der Waals surface area (Å²) in [5.41, 5.74) is -0.101. The molecule has 0 spiro atoms. The minimum absolute atomic E-state index is 0.254. The van der Waals surface area contributed by atoms with Crippen LogP contribution in [0.3, 0.4) is 0 Å². The molecule has 0 aliphatic heterocycles. The van der Waals surface area contributed by atoms with E-state index in [4.69, 9.17) is 16.3 Å². The zero-order chi connectivity index (χ0) is 15.5. The third-order valence-electron chi connectivity index (χ3n) is 3.14. The first kappa shape index (κ1) is 15.7. The molecule has 1 aromatic carbocycles. The Balaban J connectivity index is 2.16. The minimum atomic E-state index is -0.412. The molecule has 2 rings (SSSR count). The molecule has 0 bridgehead atoms. The summed E-state index contributed by atoms with van der Waals surface area (Å²) in [6.45, 7) is 6.79. The van der Waals surface area contributed by atoms with Gasteiger partial charge in [-0.25, -0.2) is 4.98 Å². The second-order valence-corrected chi connectivity index (χ2v) is 5.75.